The number of hydrogen-bond acceptors (Lipinski definition) is 3. The van der Waals surface area contributed by atoms with Crippen LogP contribution in [0.15, 0.2) is 5.16 Å². The van der Waals surface area contributed by atoms with E-state index >= 15 is 0 Å². The first-order valence-corrected chi connectivity index (χ1v) is 5.62. The highest BCUT2D eigenvalue weighted by Gasteiger charge is 2.18. The van der Waals surface area contributed by atoms with Gasteiger partial charge in [0.15, 0.2) is 0 Å². The fraction of sp³-hybridized carbons (Fsp3) is 0.889. The highest BCUT2D eigenvalue weighted by molar-refractivity contribution is 8.00. The highest BCUT2D eigenvalue weighted by atomic mass is 32.2. The molecule has 0 aromatic carbocycles. The predicted octanol–water partition coefficient (Wildman–Crippen LogP) is 2.40. The van der Waals surface area contributed by atoms with Gasteiger partial charge in [0.25, 0.3) is 0 Å². The molecule has 1 fully saturated rings. The topological polar surface area (TPSA) is 21.6 Å². The molecule has 1 rings (SSSR count). The molecule has 1 saturated heterocycles. The second kappa shape index (κ2) is 4.75. The first-order valence-electron chi connectivity index (χ1n) is 4.46. The fourth-order valence-corrected chi connectivity index (χ4v) is 2.17. The Morgan fingerprint density at radius 1 is 1.67 bits per heavy atom. The normalized spacial score (nSPS) is 27.0. The summed E-state index contributed by atoms with van der Waals surface area (Å²) < 4.78 is 0. The smallest absolute Gasteiger partial charge is 0.119 e. The van der Waals surface area contributed by atoms with Crippen molar-refractivity contribution in [1.82, 2.24) is 0 Å². The van der Waals surface area contributed by atoms with Gasteiger partial charge in [0.05, 0.1) is 5.71 Å². The van der Waals surface area contributed by atoms with Crippen LogP contribution in [0.25, 0.3) is 0 Å². The first kappa shape index (κ1) is 9.90. The number of rotatable bonds is 3. The molecule has 0 aromatic heterocycles. The van der Waals surface area contributed by atoms with Crippen molar-refractivity contribution >= 4 is 17.5 Å². The van der Waals surface area contributed by atoms with Crippen LogP contribution in [0, 0.1) is 11.8 Å². The minimum Gasteiger partial charge on any atom is -0.396 e. The Balaban J connectivity index is 2.26. The zero-order valence-corrected chi connectivity index (χ0v) is 8.86. The molecule has 0 aliphatic carbocycles. The van der Waals surface area contributed by atoms with Crippen LogP contribution in [0.2, 0.25) is 0 Å². The molecule has 1 heterocycles. The molecule has 2 nitrogen and oxygen atoms in total. The molecule has 1 unspecified atom stereocenters. The largest absolute Gasteiger partial charge is 0.396 e. The molecule has 3 heteroatoms. The lowest BCUT2D eigenvalue weighted by molar-refractivity contribution is 0.117. The summed E-state index contributed by atoms with van der Waals surface area (Å²) >= 11 is 1.94. The third kappa shape index (κ3) is 3.05. The van der Waals surface area contributed by atoms with Gasteiger partial charge in [-0.1, -0.05) is 25.9 Å². The minimum atomic E-state index is 0.568. The van der Waals surface area contributed by atoms with Gasteiger partial charge in [0, 0.05) is 17.4 Å². The number of hydrogen-bond donors (Lipinski definition) is 0. The predicted molar refractivity (Wildman–Crippen MR) is 54.7 cm³/mol. The second-order valence-corrected chi connectivity index (χ2v) is 4.72. The maximum absolute atomic E-state index is 5.22. The van der Waals surface area contributed by atoms with Crippen LogP contribution in [0.3, 0.4) is 0 Å². The van der Waals surface area contributed by atoms with Crippen LogP contribution in [0.1, 0.15) is 20.8 Å². The Hall–Kier alpha value is -0.180. The molecule has 0 saturated carbocycles. The molecular weight excluding hydrogens is 170 g/mol. The van der Waals surface area contributed by atoms with Crippen molar-refractivity contribution in [2.75, 3.05) is 18.1 Å². The van der Waals surface area contributed by atoms with Crippen molar-refractivity contribution in [3.05, 3.63) is 0 Å². The van der Waals surface area contributed by atoms with E-state index < -0.39 is 0 Å². The van der Waals surface area contributed by atoms with Gasteiger partial charge in [-0.15, -0.1) is 0 Å². The van der Waals surface area contributed by atoms with Gasteiger partial charge in [-0.05, 0) is 5.92 Å². The van der Waals surface area contributed by atoms with Crippen molar-refractivity contribution in [2.24, 2.45) is 17.0 Å². The SMILES string of the molecule is CC(C)CO/N=C1/CSCC1C. The summed E-state index contributed by atoms with van der Waals surface area (Å²) in [5.41, 5.74) is 1.22. The lowest BCUT2D eigenvalue weighted by Crippen LogP contribution is -2.09. The third-order valence-corrected chi connectivity index (χ3v) is 3.01. The summed E-state index contributed by atoms with van der Waals surface area (Å²) in [6.07, 6.45) is 0. The second-order valence-electron chi connectivity index (χ2n) is 3.69. The maximum atomic E-state index is 5.22. The summed E-state index contributed by atoms with van der Waals surface area (Å²) in [5, 5.41) is 4.14. The van der Waals surface area contributed by atoms with E-state index in [1.165, 1.54) is 11.5 Å². The molecule has 12 heavy (non-hydrogen) atoms. The van der Waals surface area contributed by atoms with Crippen molar-refractivity contribution in [3.8, 4) is 0 Å². The molecule has 0 N–H and O–H groups in total. The van der Waals surface area contributed by atoms with Gasteiger partial charge in [-0.3, -0.25) is 0 Å². The lowest BCUT2D eigenvalue weighted by Gasteiger charge is -2.04. The molecular formula is C9H17NOS. The van der Waals surface area contributed by atoms with Crippen LogP contribution in [-0.4, -0.2) is 23.8 Å². The van der Waals surface area contributed by atoms with Crippen LogP contribution < -0.4 is 0 Å². The van der Waals surface area contributed by atoms with Crippen molar-refractivity contribution in [1.29, 1.82) is 0 Å². The molecule has 0 radical (unpaired) electrons. The van der Waals surface area contributed by atoms with Gasteiger partial charge in [-0.2, -0.15) is 11.8 Å². The molecule has 0 bridgehead atoms. The Labute approximate surface area is 78.7 Å². The standard InChI is InChI=1S/C9H17NOS/c1-7(2)4-11-10-9-6-12-5-8(9)3/h7-8H,4-6H2,1-3H3/b10-9-. The molecule has 0 spiro atoms. The highest BCUT2D eigenvalue weighted by Crippen LogP contribution is 2.20. The number of oxime groups is 1. The average Bonchev–Trinajstić information content (AvgIpc) is 2.36. The molecule has 1 aliphatic rings. The molecule has 70 valence electrons. The first-order chi connectivity index (χ1) is 5.70. The van der Waals surface area contributed by atoms with E-state index in [0.717, 1.165) is 12.4 Å². The van der Waals surface area contributed by atoms with Crippen LogP contribution in [0.4, 0.5) is 0 Å². The van der Waals surface area contributed by atoms with E-state index in [-0.39, 0.29) is 0 Å². The average molecular weight is 187 g/mol. The zero-order chi connectivity index (χ0) is 8.97. The van der Waals surface area contributed by atoms with Gasteiger partial charge in [-0.25, -0.2) is 0 Å². The van der Waals surface area contributed by atoms with E-state index in [4.69, 9.17) is 4.84 Å². The quantitative estimate of drug-likeness (QED) is 0.633. The van der Waals surface area contributed by atoms with E-state index in [0.29, 0.717) is 11.8 Å². The van der Waals surface area contributed by atoms with E-state index in [2.05, 4.69) is 25.9 Å². The van der Waals surface area contributed by atoms with Crippen LogP contribution in [0.5, 0.6) is 0 Å². The van der Waals surface area contributed by atoms with Crippen LogP contribution >= 0.6 is 11.8 Å². The summed E-state index contributed by atoms with van der Waals surface area (Å²) in [6, 6.07) is 0. The fourth-order valence-electron chi connectivity index (χ4n) is 0.964. The Kier molecular flexibility index (Phi) is 3.92. The molecule has 0 aromatic rings. The third-order valence-electron chi connectivity index (χ3n) is 1.78. The van der Waals surface area contributed by atoms with Gasteiger partial charge in [0.2, 0.25) is 0 Å². The maximum Gasteiger partial charge on any atom is 0.119 e. The van der Waals surface area contributed by atoms with E-state index in [1.807, 2.05) is 11.8 Å². The van der Waals surface area contributed by atoms with Crippen LogP contribution in [-0.2, 0) is 4.84 Å². The molecule has 1 atom stereocenters. The number of thioether (sulfide) groups is 1. The summed E-state index contributed by atoms with van der Waals surface area (Å²) in [4.78, 5) is 5.22. The monoisotopic (exact) mass is 187 g/mol. The van der Waals surface area contributed by atoms with E-state index in [9.17, 15) is 0 Å². The van der Waals surface area contributed by atoms with Gasteiger partial charge >= 0.3 is 0 Å². The zero-order valence-electron chi connectivity index (χ0n) is 8.04. The number of nitrogens with zero attached hydrogens (tertiary/aromatic N) is 1. The van der Waals surface area contributed by atoms with Crippen molar-refractivity contribution in [3.63, 3.8) is 0 Å². The van der Waals surface area contributed by atoms with E-state index in [1.54, 1.807) is 0 Å². The Bertz CT molecular complexity index is 168. The Morgan fingerprint density at radius 3 is 2.92 bits per heavy atom. The van der Waals surface area contributed by atoms with Gasteiger partial charge in [0.1, 0.15) is 6.61 Å². The Morgan fingerprint density at radius 2 is 2.42 bits per heavy atom. The summed E-state index contributed by atoms with van der Waals surface area (Å²) in [5.74, 6) is 3.43. The minimum absolute atomic E-state index is 0.568. The summed E-state index contributed by atoms with van der Waals surface area (Å²) in [6.45, 7) is 7.21. The van der Waals surface area contributed by atoms with Crippen molar-refractivity contribution in [2.45, 2.75) is 20.8 Å². The molecule has 1 aliphatic heterocycles. The lowest BCUT2D eigenvalue weighted by atomic mass is 10.1. The summed E-state index contributed by atoms with van der Waals surface area (Å²) in [7, 11) is 0. The van der Waals surface area contributed by atoms with Crippen molar-refractivity contribution < 1.29 is 4.84 Å². The van der Waals surface area contributed by atoms with Gasteiger partial charge < -0.3 is 4.84 Å². The molecule has 0 amide bonds.